The van der Waals surface area contributed by atoms with Crippen molar-refractivity contribution in [3.63, 3.8) is 0 Å². The average Bonchev–Trinajstić information content (AvgIpc) is 3.24. The van der Waals surface area contributed by atoms with Gasteiger partial charge in [-0.25, -0.2) is 0 Å². The fraction of sp³-hybridized carbons (Fsp3) is 0.143. The van der Waals surface area contributed by atoms with Gasteiger partial charge in [-0.2, -0.15) is 0 Å². The molecule has 0 aliphatic carbocycles. The predicted octanol–water partition coefficient (Wildman–Crippen LogP) is 6.36. The Bertz CT molecular complexity index is 1350. The van der Waals surface area contributed by atoms with Gasteiger partial charge in [0.15, 0.2) is 0 Å². The van der Waals surface area contributed by atoms with Crippen LogP contribution in [-0.2, 0) is 6.42 Å². The highest BCUT2D eigenvalue weighted by molar-refractivity contribution is 7.10. The second-order valence-corrected chi connectivity index (χ2v) is 9.24. The lowest BCUT2D eigenvalue weighted by Gasteiger charge is -2.21. The summed E-state index contributed by atoms with van der Waals surface area (Å²) in [5, 5.41) is 15.5. The summed E-state index contributed by atoms with van der Waals surface area (Å²) in [7, 11) is 0. The summed E-state index contributed by atoms with van der Waals surface area (Å²) in [6.07, 6.45) is 2.98. The molecule has 2 heterocycles. The molecule has 1 aliphatic heterocycles. The Morgan fingerprint density at radius 2 is 1.71 bits per heavy atom. The normalized spacial score (nSPS) is 13.1. The number of aryl methyl sites for hydroxylation is 1. The molecule has 0 saturated heterocycles. The first-order chi connectivity index (χ1) is 16.6. The van der Waals surface area contributed by atoms with Crippen molar-refractivity contribution < 1.29 is 14.7 Å². The highest BCUT2D eigenvalue weighted by Gasteiger charge is 2.24. The Hall–Kier alpha value is -3.90. The lowest BCUT2D eigenvalue weighted by Crippen LogP contribution is -2.31. The first-order valence-electron chi connectivity index (χ1n) is 11.3. The Morgan fingerprint density at radius 3 is 2.53 bits per heavy atom. The van der Waals surface area contributed by atoms with E-state index >= 15 is 0 Å². The number of fused-ring (bicyclic) bond motifs is 1. The SMILES string of the molecule is O=C(Nc1ccc(C(=O)N2CCCCc3sccc32)cc1O)c1ccccc1-c1ccccc1. The molecular weight excluding hydrogens is 444 g/mol. The Balaban J connectivity index is 1.38. The van der Waals surface area contributed by atoms with Crippen molar-refractivity contribution in [1.82, 2.24) is 0 Å². The highest BCUT2D eigenvalue weighted by Crippen LogP contribution is 2.33. The van der Waals surface area contributed by atoms with Crippen LogP contribution in [0, 0.1) is 0 Å². The third kappa shape index (κ3) is 4.32. The van der Waals surface area contributed by atoms with E-state index in [1.807, 2.05) is 60.0 Å². The summed E-state index contributed by atoms with van der Waals surface area (Å²) in [5.41, 5.74) is 3.85. The third-order valence-corrected chi connectivity index (χ3v) is 7.01. The van der Waals surface area contributed by atoms with E-state index < -0.39 is 0 Å². The molecule has 1 aliphatic rings. The molecule has 5 rings (SSSR count). The monoisotopic (exact) mass is 468 g/mol. The molecule has 0 fully saturated rings. The van der Waals surface area contributed by atoms with Gasteiger partial charge in [-0.1, -0.05) is 48.5 Å². The maximum absolute atomic E-state index is 13.3. The molecule has 170 valence electrons. The van der Waals surface area contributed by atoms with Gasteiger partial charge in [0.1, 0.15) is 5.75 Å². The minimum absolute atomic E-state index is 0.142. The van der Waals surface area contributed by atoms with Gasteiger partial charge >= 0.3 is 0 Å². The zero-order valence-electron chi connectivity index (χ0n) is 18.5. The summed E-state index contributed by atoms with van der Waals surface area (Å²) >= 11 is 1.67. The maximum Gasteiger partial charge on any atom is 0.258 e. The van der Waals surface area contributed by atoms with Crippen LogP contribution in [0.1, 0.15) is 38.4 Å². The molecule has 1 aromatic heterocycles. The van der Waals surface area contributed by atoms with E-state index in [0.29, 0.717) is 17.7 Å². The highest BCUT2D eigenvalue weighted by atomic mass is 32.1. The van der Waals surface area contributed by atoms with E-state index in [0.717, 1.165) is 36.1 Å². The molecule has 4 aromatic rings. The van der Waals surface area contributed by atoms with Crippen LogP contribution in [0.15, 0.2) is 84.2 Å². The Kier molecular flexibility index (Phi) is 6.14. The van der Waals surface area contributed by atoms with Gasteiger partial charge in [-0.3, -0.25) is 9.59 Å². The zero-order valence-corrected chi connectivity index (χ0v) is 19.3. The average molecular weight is 469 g/mol. The van der Waals surface area contributed by atoms with Crippen molar-refractivity contribution in [2.75, 3.05) is 16.8 Å². The molecular formula is C28H24N2O3S. The van der Waals surface area contributed by atoms with Crippen molar-refractivity contribution in [2.45, 2.75) is 19.3 Å². The van der Waals surface area contributed by atoms with E-state index in [9.17, 15) is 14.7 Å². The number of anilines is 2. The largest absolute Gasteiger partial charge is 0.506 e. The summed E-state index contributed by atoms with van der Waals surface area (Å²) < 4.78 is 0. The summed E-state index contributed by atoms with van der Waals surface area (Å²) in [4.78, 5) is 29.3. The van der Waals surface area contributed by atoms with Crippen LogP contribution in [0.2, 0.25) is 0 Å². The second-order valence-electron chi connectivity index (χ2n) is 8.24. The topological polar surface area (TPSA) is 69.6 Å². The lowest BCUT2D eigenvalue weighted by atomic mass is 9.99. The number of hydrogen-bond acceptors (Lipinski definition) is 4. The van der Waals surface area contributed by atoms with Crippen molar-refractivity contribution in [1.29, 1.82) is 0 Å². The quantitative estimate of drug-likeness (QED) is 0.343. The van der Waals surface area contributed by atoms with Crippen LogP contribution >= 0.6 is 11.3 Å². The first kappa shape index (κ1) is 21.9. The number of aromatic hydroxyl groups is 1. The molecule has 0 spiro atoms. The number of benzene rings is 3. The van der Waals surface area contributed by atoms with Gasteiger partial charge in [-0.15, -0.1) is 11.3 Å². The summed E-state index contributed by atoms with van der Waals surface area (Å²) in [6.45, 7) is 0.651. The first-order valence-corrected chi connectivity index (χ1v) is 12.2. The molecule has 3 aromatic carbocycles. The van der Waals surface area contributed by atoms with Crippen molar-refractivity contribution in [2.24, 2.45) is 0 Å². The van der Waals surface area contributed by atoms with Crippen molar-refractivity contribution in [3.8, 4) is 16.9 Å². The molecule has 5 nitrogen and oxygen atoms in total. The van der Waals surface area contributed by atoms with Crippen LogP contribution in [-0.4, -0.2) is 23.5 Å². The van der Waals surface area contributed by atoms with E-state index in [2.05, 4.69) is 5.32 Å². The van der Waals surface area contributed by atoms with Gasteiger partial charge < -0.3 is 15.3 Å². The van der Waals surface area contributed by atoms with Crippen LogP contribution in [0.3, 0.4) is 0 Å². The summed E-state index contributed by atoms with van der Waals surface area (Å²) in [5.74, 6) is -0.620. The fourth-order valence-electron chi connectivity index (χ4n) is 4.31. The number of carbonyl (C=O) groups is 2. The maximum atomic E-state index is 13.3. The minimum atomic E-state index is -0.329. The van der Waals surface area contributed by atoms with Gasteiger partial charge in [-0.05, 0) is 66.1 Å². The zero-order chi connectivity index (χ0) is 23.5. The van der Waals surface area contributed by atoms with E-state index in [-0.39, 0.29) is 23.3 Å². The minimum Gasteiger partial charge on any atom is -0.506 e. The fourth-order valence-corrected chi connectivity index (χ4v) is 5.24. The van der Waals surface area contributed by atoms with Crippen LogP contribution < -0.4 is 10.2 Å². The molecule has 0 atom stereocenters. The van der Waals surface area contributed by atoms with E-state index in [1.54, 1.807) is 34.4 Å². The number of nitrogens with zero attached hydrogens (tertiary/aromatic N) is 1. The standard InChI is InChI=1S/C28H24N2O3S/c31-25-18-20(28(33)30-16-7-6-12-26-24(30)15-17-34-26)13-14-23(25)29-27(32)22-11-5-4-10-21(22)19-8-2-1-3-9-19/h1-5,8-11,13-15,17-18,31H,6-7,12,16H2,(H,29,32). The van der Waals surface area contributed by atoms with E-state index in [1.165, 1.54) is 10.9 Å². The molecule has 6 heteroatoms. The Labute approximate surface area is 202 Å². The molecule has 0 bridgehead atoms. The number of amides is 2. The number of phenolic OH excluding ortho intramolecular Hbond substituents is 1. The molecule has 34 heavy (non-hydrogen) atoms. The van der Waals surface area contributed by atoms with Crippen LogP contribution in [0.4, 0.5) is 11.4 Å². The number of rotatable bonds is 4. The second kappa shape index (κ2) is 9.53. The predicted molar refractivity (Wildman–Crippen MR) is 137 cm³/mol. The van der Waals surface area contributed by atoms with Gasteiger partial charge in [0.25, 0.3) is 11.8 Å². The number of hydrogen-bond donors (Lipinski definition) is 2. The van der Waals surface area contributed by atoms with E-state index in [4.69, 9.17) is 0 Å². The number of nitrogens with one attached hydrogen (secondary N) is 1. The number of phenols is 1. The number of thiophene rings is 1. The summed E-state index contributed by atoms with van der Waals surface area (Å²) in [6, 6.07) is 23.7. The van der Waals surface area contributed by atoms with Gasteiger partial charge in [0.2, 0.25) is 0 Å². The number of carbonyl (C=O) groups excluding carboxylic acids is 2. The van der Waals surface area contributed by atoms with Gasteiger partial charge in [0, 0.05) is 22.5 Å². The lowest BCUT2D eigenvalue weighted by molar-refractivity contribution is 0.0985. The van der Waals surface area contributed by atoms with Gasteiger partial charge in [0.05, 0.1) is 11.4 Å². The molecule has 2 amide bonds. The third-order valence-electron chi connectivity index (χ3n) is 6.04. The molecule has 0 saturated carbocycles. The van der Waals surface area contributed by atoms with Crippen molar-refractivity contribution >= 4 is 34.5 Å². The van der Waals surface area contributed by atoms with Crippen molar-refractivity contribution in [3.05, 3.63) is 100 Å². The van der Waals surface area contributed by atoms with Crippen LogP contribution in [0.25, 0.3) is 11.1 Å². The smallest absolute Gasteiger partial charge is 0.258 e. The van der Waals surface area contributed by atoms with Crippen LogP contribution in [0.5, 0.6) is 5.75 Å². The molecule has 0 radical (unpaired) electrons. The Morgan fingerprint density at radius 1 is 0.912 bits per heavy atom. The molecule has 2 N–H and O–H groups in total. The molecule has 0 unspecified atom stereocenters.